The number of hydrogen-bond donors (Lipinski definition) is 0. The van der Waals surface area contributed by atoms with Gasteiger partial charge in [0.15, 0.2) is 0 Å². The van der Waals surface area contributed by atoms with Crippen molar-refractivity contribution in [2.45, 2.75) is 119 Å². The minimum atomic E-state index is -2.65. The molecule has 0 bridgehead atoms. The van der Waals surface area contributed by atoms with Crippen LogP contribution in [0.1, 0.15) is 119 Å². The van der Waals surface area contributed by atoms with Gasteiger partial charge in [0.1, 0.15) is 19.8 Å². The summed E-state index contributed by atoms with van der Waals surface area (Å²) < 4.78 is 43.6. The van der Waals surface area contributed by atoms with E-state index in [1.54, 1.807) is 0 Å². The molecule has 0 aliphatic heterocycles. The summed E-state index contributed by atoms with van der Waals surface area (Å²) in [7, 11) is -7.95. The molecule has 0 heterocycles. The average Bonchev–Trinajstić information content (AvgIpc) is 2.81. The molecule has 9 nitrogen and oxygen atoms in total. The van der Waals surface area contributed by atoms with Crippen LogP contribution in [0.2, 0.25) is 0 Å². The monoisotopic (exact) mass is 718 g/mol. The molecule has 0 N–H and O–H groups in total. The maximum atomic E-state index is 10.0. The minimum absolute atomic E-state index is 0. The van der Waals surface area contributed by atoms with Crippen molar-refractivity contribution in [3.05, 3.63) is 0 Å². The first-order valence-corrected chi connectivity index (χ1v) is 16.6. The molecule has 0 aliphatic carbocycles. The van der Waals surface area contributed by atoms with Crippen molar-refractivity contribution in [3.8, 4) is 0 Å². The molecule has 0 saturated heterocycles. The maximum absolute atomic E-state index is 10.0. The number of hydrogen-bond acceptors (Lipinski definition) is 9. The van der Waals surface area contributed by atoms with Crippen molar-refractivity contribution in [2.75, 3.05) is 19.8 Å². The van der Waals surface area contributed by atoms with Crippen LogP contribution >= 0.6 is 24.8 Å². The van der Waals surface area contributed by atoms with E-state index >= 15 is 0 Å². The average molecular weight is 721 g/mol. The summed E-state index contributed by atoms with van der Waals surface area (Å²) in [5.41, 5.74) is 0. The smallest absolute Gasteiger partial charge is 0.566 e. The van der Waals surface area contributed by atoms with E-state index in [4.69, 9.17) is 0 Å². The molecule has 0 aromatic rings. The van der Waals surface area contributed by atoms with Gasteiger partial charge in [-0.25, -0.2) is 0 Å². The molecule has 0 aromatic carbocycles. The Morgan fingerprint density at radius 3 is 0.892 bits per heavy atom. The van der Waals surface area contributed by atoms with Crippen molar-refractivity contribution in [2.24, 2.45) is 17.8 Å². The maximum Gasteiger partial charge on any atom is 3.00 e. The molecule has 6 unspecified atom stereocenters. The molecule has 0 amide bonds. The molecule has 6 atom stereocenters. The second kappa shape index (κ2) is 35.4. The van der Waals surface area contributed by atoms with Crippen LogP contribution in [-0.4, -0.2) is 19.8 Å². The number of unbranched alkanes of at least 4 members (excludes halogenated alkanes) is 6. The van der Waals surface area contributed by atoms with Crippen LogP contribution in [-0.2, 0) is 27.3 Å². The SMILES string of the molecule is CCCCCC(C)CO[P+](=O)[O-].CCCCCC(C)CO[P+](=O)[O-].CCCCCC(C)CO[P+](=O)[O-].[Nd+3]. The molecular formula is C24H51NdO9P3+3. The van der Waals surface area contributed by atoms with E-state index in [-0.39, 0.29) is 40.8 Å². The zero-order valence-electron chi connectivity index (χ0n) is 23.9. The Kier molecular flexibility index (Phi) is 43.5. The molecule has 0 aliphatic rings. The Hall–Kier alpha value is 1.41. The molecule has 217 valence electrons. The third-order valence-corrected chi connectivity index (χ3v) is 6.37. The van der Waals surface area contributed by atoms with Gasteiger partial charge in [-0.15, -0.1) is 13.6 Å². The Bertz CT molecular complexity index is 460. The van der Waals surface area contributed by atoms with Gasteiger partial charge in [0.05, 0.1) is 0 Å². The first-order chi connectivity index (χ1) is 17.0. The van der Waals surface area contributed by atoms with Crippen LogP contribution in [0.4, 0.5) is 0 Å². The van der Waals surface area contributed by atoms with Crippen LogP contribution in [0.3, 0.4) is 0 Å². The fraction of sp³-hybridized carbons (Fsp3) is 1.00. The Morgan fingerprint density at radius 2 is 0.730 bits per heavy atom. The van der Waals surface area contributed by atoms with Crippen LogP contribution in [0.5, 0.6) is 0 Å². The zero-order chi connectivity index (χ0) is 28.2. The predicted molar refractivity (Wildman–Crippen MR) is 141 cm³/mol. The van der Waals surface area contributed by atoms with Crippen molar-refractivity contribution in [3.63, 3.8) is 0 Å². The van der Waals surface area contributed by atoms with E-state index in [1.807, 2.05) is 20.8 Å². The van der Waals surface area contributed by atoms with Gasteiger partial charge >= 0.3 is 65.6 Å². The normalized spacial score (nSPS) is 14.0. The van der Waals surface area contributed by atoms with Crippen LogP contribution in [0.25, 0.3) is 0 Å². The van der Waals surface area contributed by atoms with E-state index in [0.717, 1.165) is 38.5 Å². The summed E-state index contributed by atoms with van der Waals surface area (Å²) in [6.07, 6.45) is 13.9. The molecular weight excluding hydrogens is 669 g/mol. The van der Waals surface area contributed by atoms with Gasteiger partial charge in [-0.2, -0.15) is 0 Å². The van der Waals surface area contributed by atoms with Gasteiger partial charge in [0, 0.05) is 0 Å². The molecule has 0 spiro atoms. The Morgan fingerprint density at radius 1 is 0.514 bits per heavy atom. The first-order valence-electron chi connectivity index (χ1n) is 13.3. The Labute approximate surface area is 262 Å². The molecule has 0 saturated carbocycles. The van der Waals surface area contributed by atoms with Gasteiger partial charge in [0.25, 0.3) is 0 Å². The molecule has 0 aromatic heterocycles. The summed E-state index contributed by atoms with van der Waals surface area (Å²) >= 11 is 0. The van der Waals surface area contributed by atoms with Crippen molar-refractivity contribution >= 4 is 24.8 Å². The van der Waals surface area contributed by atoms with Crippen molar-refractivity contribution in [1.82, 2.24) is 0 Å². The fourth-order valence-corrected chi connectivity index (χ4v) is 4.17. The number of rotatable bonds is 21. The second-order valence-corrected chi connectivity index (χ2v) is 11.5. The zero-order valence-corrected chi connectivity index (χ0v) is 29.7. The van der Waals surface area contributed by atoms with E-state index in [0.29, 0.717) is 37.6 Å². The van der Waals surface area contributed by atoms with Crippen molar-refractivity contribution in [1.29, 1.82) is 0 Å². The van der Waals surface area contributed by atoms with Crippen molar-refractivity contribution < 1.29 is 82.8 Å². The van der Waals surface area contributed by atoms with E-state index in [9.17, 15) is 28.4 Å². The minimum Gasteiger partial charge on any atom is -0.566 e. The van der Waals surface area contributed by atoms with Gasteiger partial charge in [0.2, 0.25) is 0 Å². The van der Waals surface area contributed by atoms with E-state index in [2.05, 4.69) is 34.3 Å². The second-order valence-electron chi connectivity index (χ2n) is 9.36. The topological polar surface area (TPSA) is 148 Å². The van der Waals surface area contributed by atoms with Crippen LogP contribution < -0.4 is 14.7 Å². The van der Waals surface area contributed by atoms with Crippen LogP contribution in [0, 0.1) is 58.6 Å². The largest absolute Gasteiger partial charge is 3.00 e. The molecule has 1 radical (unpaired) electrons. The standard InChI is InChI=1S/3C8H17O3P.Nd/c3*1-3-4-5-6-8(2)7-11-12(9)10;/h3*8H,3-7H2,1-2H3;/q;;;+3. The van der Waals surface area contributed by atoms with Gasteiger partial charge in [-0.3, -0.25) is 0 Å². The molecule has 0 fully saturated rings. The molecule has 37 heavy (non-hydrogen) atoms. The van der Waals surface area contributed by atoms with Gasteiger partial charge in [-0.05, 0) is 50.7 Å². The third kappa shape index (κ3) is 47.5. The summed E-state index contributed by atoms with van der Waals surface area (Å²) in [5, 5.41) is 0. The van der Waals surface area contributed by atoms with Gasteiger partial charge < -0.3 is 14.7 Å². The third-order valence-electron chi connectivity index (χ3n) is 5.29. The first kappa shape index (κ1) is 45.4. The summed E-state index contributed by atoms with van der Waals surface area (Å²) in [6.45, 7) is 13.5. The fourth-order valence-electron chi connectivity index (χ4n) is 3.04. The van der Waals surface area contributed by atoms with E-state index in [1.165, 1.54) is 38.5 Å². The molecule has 13 heteroatoms. The summed E-state index contributed by atoms with van der Waals surface area (Å²) in [5.74, 6) is 1.05. The quantitative estimate of drug-likeness (QED) is 0.0932. The van der Waals surface area contributed by atoms with Gasteiger partial charge in [-0.1, -0.05) is 99.3 Å². The van der Waals surface area contributed by atoms with Crippen LogP contribution in [0.15, 0.2) is 0 Å². The summed E-state index contributed by atoms with van der Waals surface area (Å²) in [6, 6.07) is 0. The Balaban J connectivity index is -0.000000218. The summed E-state index contributed by atoms with van der Waals surface area (Å²) in [4.78, 5) is 30.1. The predicted octanol–water partition coefficient (Wildman–Crippen LogP) is 6.71. The molecule has 0 rings (SSSR count). The van der Waals surface area contributed by atoms with E-state index < -0.39 is 24.8 Å².